The van der Waals surface area contributed by atoms with Crippen molar-refractivity contribution in [3.8, 4) is 0 Å². The van der Waals surface area contributed by atoms with Crippen molar-refractivity contribution < 1.29 is 14.3 Å². The van der Waals surface area contributed by atoms with Gasteiger partial charge in [-0.2, -0.15) is 0 Å². The molecule has 0 aromatic heterocycles. The third kappa shape index (κ3) is 3.51. The van der Waals surface area contributed by atoms with Gasteiger partial charge >= 0.3 is 5.97 Å². The SMILES string of the molecule is CC(C)OC(=O)C(=O)C(C)(C)C. The van der Waals surface area contributed by atoms with E-state index in [1.165, 1.54) is 0 Å². The van der Waals surface area contributed by atoms with Crippen LogP contribution in [0.2, 0.25) is 0 Å². The van der Waals surface area contributed by atoms with Crippen LogP contribution in [0, 0.1) is 5.41 Å². The molecule has 0 aliphatic rings. The Morgan fingerprint density at radius 3 is 1.83 bits per heavy atom. The normalized spacial score (nSPS) is 11.5. The molecule has 0 radical (unpaired) electrons. The van der Waals surface area contributed by atoms with Crippen LogP contribution in [0.1, 0.15) is 34.6 Å². The number of carbonyl (C=O) groups is 2. The first-order valence-corrected chi connectivity index (χ1v) is 4.00. The van der Waals surface area contributed by atoms with Crippen LogP contribution in [-0.2, 0) is 14.3 Å². The van der Waals surface area contributed by atoms with Gasteiger partial charge < -0.3 is 4.74 Å². The van der Waals surface area contributed by atoms with Crippen molar-refractivity contribution in [3.05, 3.63) is 0 Å². The minimum Gasteiger partial charge on any atom is -0.457 e. The zero-order chi connectivity index (χ0) is 9.94. The van der Waals surface area contributed by atoms with Crippen molar-refractivity contribution in [1.82, 2.24) is 0 Å². The summed E-state index contributed by atoms with van der Waals surface area (Å²) in [5.74, 6) is -1.21. The molecule has 0 aliphatic carbocycles. The lowest BCUT2D eigenvalue weighted by Crippen LogP contribution is -2.31. The molecule has 0 spiro atoms. The fraction of sp³-hybridized carbons (Fsp3) is 0.778. The molecule has 70 valence electrons. The summed E-state index contributed by atoms with van der Waals surface area (Å²) in [4.78, 5) is 22.3. The second-order valence-electron chi connectivity index (χ2n) is 4.03. The number of rotatable bonds is 2. The predicted octanol–water partition coefficient (Wildman–Crippen LogP) is 1.55. The van der Waals surface area contributed by atoms with Crippen LogP contribution >= 0.6 is 0 Å². The Bertz CT molecular complexity index is 186. The standard InChI is InChI=1S/C9H16O3/c1-6(2)12-8(11)7(10)9(3,4)5/h6H,1-5H3. The Morgan fingerprint density at radius 1 is 1.17 bits per heavy atom. The summed E-state index contributed by atoms with van der Waals surface area (Å²) in [6.45, 7) is 8.51. The van der Waals surface area contributed by atoms with Crippen molar-refractivity contribution in [2.24, 2.45) is 5.41 Å². The van der Waals surface area contributed by atoms with Gasteiger partial charge in [0.1, 0.15) is 0 Å². The molecule has 0 N–H and O–H groups in total. The summed E-state index contributed by atoms with van der Waals surface area (Å²) < 4.78 is 4.75. The number of ether oxygens (including phenoxy) is 1. The summed E-state index contributed by atoms with van der Waals surface area (Å²) in [7, 11) is 0. The maximum Gasteiger partial charge on any atom is 0.375 e. The predicted molar refractivity (Wildman–Crippen MR) is 45.7 cm³/mol. The molecule has 0 atom stereocenters. The smallest absolute Gasteiger partial charge is 0.375 e. The molecule has 0 fully saturated rings. The highest BCUT2D eigenvalue weighted by Gasteiger charge is 2.29. The van der Waals surface area contributed by atoms with Crippen molar-refractivity contribution in [2.75, 3.05) is 0 Å². The second-order valence-corrected chi connectivity index (χ2v) is 4.03. The first-order chi connectivity index (χ1) is 5.25. The first kappa shape index (κ1) is 11.1. The molecule has 0 saturated heterocycles. The maximum atomic E-state index is 11.2. The van der Waals surface area contributed by atoms with Gasteiger partial charge in [-0.3, -0.25) is 4.79 Å². The van der Waals surface area contributed by atoms with E-state index >= 15 is 0 Å². The molecule has 12 heavy (non-hydrogen) atoms. The molecule has 3 heteroatoms. The van der Waals surface area contributed by atoms with E-state index in [0.29, 0.717) is 0 Å². The van der Waals surface area contributed by atoms with E-state index < -0.39 is 17.2 Å². The lowest BCUT2D eigenvalue weighted by Gasteiger charge is -2.16. The summed E-state index contributed by atoms with van der Waals surface area (Å²) >= 11 is 0. The summed E-state index contributed by atoms with van der Waals surface area (Å²) in [6.07, 6.45) is -0.233. The first-order valence-electron chi connectivity index (χ1n) is 4.00. The zero-order valence-corrected chi connectivity index (χ0v) is 8.30. The van der Waals surface area contributed by atoms with Crippen LogP contribution in [0.3, 0.4) is 0 Å². The van der Waals surface area contributed by atoms with Crippen molar-refractivity contribution in [3.63, 3.8) is 0 Å². The highest BCUT2D eigenvalue weighted by atomic mass is 16.5. The maximum absolute atomic E-state index is 11.2. The Morgan fingerprint density at radius 2 is 1.58 bits per heavy atom. The van der Waals surface area contributed by atoms with Crippen molar-refractivity contribution in [1.29, 1.82) is 0 Å². The Balaban J connectivity index is 4.22. The Kier molecular flexibility index (Phi) is 3.43. The van der Waals surface area contributed by atoms with E-state index in [9.17, 15) is 9.59 Å². The van der Waals surface area contributed by atoms with E-state index in [1.54, 1.807) is 34.6 Å². The van der Waals surface area contributed by atoms with Crippen LogP contribution < -0.4 is 0 Å². The van der Waals surface area contributed by atoms with Crippen LogP contribution in [0.25, 0.3) is 0 Å². The molecule has 0 aromatic carbocycles. The second kappa shape index (κ2) is 3.70. The summed E-state index contributed by atoms with van der Waals surface area (Å²) in [5.41, 5.74) is -0.647. The number of ketones is 1. The monoisotopic (exact) mass is 172 g/mol. The number of Topliss-reactive ketones (excluding diaryl/α,β-unsaturated/α-hetero) is 1. The van der Waals surface area contributed by atoms with Gasteiger partial charge in [-0.1, -0.05) is 20.8 Å². The van der Waals surface area contributed by atoms with Crippen LogP contribution in [0.4, 0.5) is 0 Å². The average Bonchev–Trinajstić information content (AvgIpc) is 1.82. The number of carbonyl (C=O) groups excluding carboxylic acids is 2. The largest absolute Gasteiger partial charge is 0.457 e. The summed E-state index contributed by atoms with van der Waals surface area (Å²) in [6, 6.07) is 0. The molecule has 0 amide bonds. The molecular formula is C9H16O3. The average molecular weight is 172 g/mol. The third-order valence-corrected chi connectivity index (χ3v) is 1.21. The molecule has 0 unspecified atom stereocenters. The van der Waals surface area contributed by atoms with E-state index in [0.717, 1.165) is 0 Å². The molecule has 0 bridgehead atoms. The van der Waals surface area contributed by atoms with Gasteiger partial charge in [0.2, 0.25) is 5.78 Å². The molecule has 0 rings (SSSR count). The third-order valence-electron chi connectivity index (χ3n) is 1.21. The highest BCUT2D eigenvalue weighted by Crippen LogP contribution is 2.15. The lowest BCUT2D eigenvalue weighted by atomic mass is 9.91. The fourth-order valence-electron chi connectivity index (χ4n) is 0.574. The van der Waals surface area contributed by atoms with E-state index in [2.05, 4.69) is 0 Å². The number of hydrogen-bond acceptors (Lipinski definition) is 3. The Labute approximate surface area is 73.1 Å². The fourth-order valence-corrected chi connectivity index (χ4v) is 0.574. The van der Waals surface area contributed by atoms with E-state index in [-0.39, 0.29) is 6.10 Å². The van der Waals surface area contributed by atoms with E-state index in [1.807, 2.05) is 0 Å². The Hall–Kier alpha value is -0.860. The molecule has 0 aromatic rings. The van der Waals surface area contributed by atoms with Gasteiger partial charge in [-0.05, 0) is 13.8 Å². The number of esters is 1. The number of hydrogen-bond donors (Lipinski definition) is 0. The molecule has 0 heterocycles. The molecule has 0 saturated carbocycles. The van der Waals surface area contributed by atoms with Crippen LogP contribution in [0.15, 0.2) is 0 Å². The topological polar surface area (TPSA) is 43.4 Å². The van der Waals surface area contributed by atoms with Gasteiger partial charge in [-0.25, -0.2) is 4.79 Å². The van der Waals surface area contributed by atoms with Crippen LogP contribution in [-0.4, -0.2) is 17.9 Å². The molecule has 3 nitrogen and oxygen atoms in total. The van der Waals surface area contributed by atoms with Crippen LogP contribution in [0.5, 0.6) is 0 Å². The van der Waals surface area contributed by atoms with Crippen molar-refractivity contribution >= 4 is 11.8 Å². The quantitative estimate of drug-likeness (QED) is 0.469. The van der Waals surface area contributed by atoms with Gasteiger partial charge in [0, 0.05) is 5.41 Å². The van der Waals surface area contributed by atoms with E-state index in [4.69, 9.17) is 4.74 Å². The minimum atomic E-state index is -0.738. The van der Waals surface area contributed by atoms with Gasteiger partial charge in [0.15, 0.2) is 0 Å². The molecular weight excluding hydrogens is 156 g/mol. The minimum absolute atomic E-state index is 0.233. The van der Waals surface area contributed by atoms with Crippen molar-refractivity contribution in [2.45, 2.75) is 40.7 Å². The molecule has 0 aliphatic heterocycles. The summed E-state index contributed by atoms with van der Waals surface area (Å²) in [5, 5.41) is 0. The zero-order valence-electron chi connectivity index (χ0n) is 8.30. The van der Waals surface area contributed by atoms with Gasteiger partial charge in [0.25, 0.3) is 0 Å². The lowest BCUT2D eigenvalue weighted by molar-refractivity contribution is -0.160. The highest BCUT2D eigenvalue weighted by molar-refractivity contribution is 6.35. The van der Waals surface area contributed by atoms with Gasteiger partial charge in [-0.15, -0.1) is 0 Å². The van der Waals surface area contributed by atoms with Gasteiger partial charge in [0.05, 0.1) is 6.10 Å².